The quantitative estimate of drug-likeness (QED) is 0.333. The van der Waals surface area contributed by atoms with Crippen molar-refractivity contribution in [3.63, 3.8) is 0 Å². The molecule has 30 heavy (non-hydrogen) atoms. The molecular formula is C23H32FIN4O. The first-order chi connectivity index (χ1) is 14.1. The molecule has 0 amide bonds. The summed E-state index contributed by atoms with van der Waals surface area (Å²) in [7, 11) is 0. The fraction of sp³-hybridized carbons (Fsp3) is 0.435. The van der Waals surface area contributed by atoms with Gasteiger partial charge in [0.2, 0.25) is 0 Å². The van der Waals surface area contributed by atoms with Crippen LogP contribution in [0, 0.1) is 12.7 Å². The zero-order valence-electron chi connectivity index (χ0n) is 18.0. The molecule has 1 saturated heterocycles. The number of nitrogens with one attached hydrogen (secondary N) is 2. The predicted molar refractivity (Wildman–Crippen MR) is 132 cm³/mol. The predicted octanol–water partition coefficient (Wildman–Crippen LogP) is 4.41. The van der Waals surface area contributed by atoms with Crippen molar-refractivity contribution in [2.24, 2.45) is 4.99 Å². The normalized spacial score (nSPS) is 15.3. The Hall–Kier alpha value is -1.87. The smallest absolute Gasteiger partial charge is 0.192 e. The van der Waals surface area contributed by atoms with Gasteiger partial charge in [-0.1, -0.05) is 24.3 Å². The average molecular weight is 526 g/mol. The Balaban J connectivity index is 0.00000320. The summed E-state index contributed by atoms with van der Waals surface area (Å²) in [5, 5.41) is 6.63. The number of aryl methyl sites for hydroxylation is 1. The number of benzene rings is 2. The Morgan fingerprint density at radius 2 is 1.87 bits per heavy atom. The number of hydrogen-bond acceptors (Lipinski definition) is 3. The van der Waals surface area contributed by atoms with Crippen LogP contribution in [-0.4, -0.2) is 38.8 Å². The third-order valence-corrected chi connectivity index (χ3v) is 5.13. The van der Waals surface area contributed by atoms with Crippen molar-refractivity contribution in [2.75, 3.05) is 37.7 Å². The van der Waals surface area contributed by atoms with E-state index in [1.54, 1.807) is 13.0 Å². The summed E-state index contributed by atoms with van der Waals surface area (Å²) in [4.78, 5) is 7.04. The van der Waals surface area contributed by atoms with Crippen molar-refractivity contribution in [3.8, 4) is 0 Å². The van der Waals surface area contributed by atoms with Crippen LogP contribution in [0.4, 0.5) is 10.1 Å². The van der Waals surface area contributed by atoms with Crippen molar-refractivity contribution < 1.29 is 9.13 Å². The number of anilines is 1. The summed E-state index contributed by atoms with van der Waals surface area (Å²) < 4.78 is 19.3. The third-order valence-electron chi connectivity index (χ3n) is 5.13. The van der Waals surface area contributed by atoms with E-state index in [9.17, 15) is 4.39 Å². The lowest BCUT2D eigenvalue weighted by molar-refractivity contribution is 0.122. The van der Waals surface area contributed by atoms with Gasteiger partial charge in [0.25, 0.3) is 0 Å². The second-order valence-electron chi connectivity index (χ2n) is 7.34. The SMILES string of the molecule is CCNC(=NCc1ccc(N2CCOCC2)cc1)NC(C)c1ccc(C)c(F)c1.I. The van der Waals surface area contributed by atoms with E-state index in [-0.39, 0.29) is 35.8 Å². The van der Waals surface area contributed by atoms with Crippen LogP contribution in [0.1, 0.15) is 36.6 Å². The van der Waals surface area contributed by atoms with Gasteiger partial charge in [0.05, 0.1) is 25.8 Å². The van der Waals surface area contributed by atoms with E-state index in [2.05, 4.69) is 39.8 Å². The number of aliphatic imine (C=N–C) groups is 1. The van der Waals surface area contributed by atoms with Crippen molar-refractivity contribution in [1.82, 2.24) is 10.6 Å². The third kappa shape index (κ3) is 6.84. The molecule has 2 aromatic carbocycles. The van der Waals surface area contributed by atoms with E-state index in [0.717, 1.165) is 49.9 Å². The largest absolute Gasteiger partial charge is 0.378 e. The van der Waals surface area contributed by atoms with E-state index in [0.29, 0.717) is 12.1 Å². The molecule has 1 aliphatic rings. The summed E-state index contributed by atoms with van der Waals surface area (Å²) in [5.41, 5.74) is 3.92. The lowest BCUT2D eigenvalue weighted by atomic mass is 10.1. The van der Waals surface area contributed by atoms with Crippen LogP contribution in [0.2, 0.25) is 0 Å². The summed E-state index contributed by atoms with van der Waals surface area (Å²) in [6.45, 7) is 10.6. The number of rotatable bonds is 6. The second-order valence-corrected chi connectivity index (χ2v) is 7.34. The minimum Gasteiger partial charge on any atom is -0.378 e. The average Bonchev–Trinajstić information content (AvgIpc) is 2.75. The van der Waals surface area contributed by atoms with Gasteiger partial charge in [-0.05, 0) is 55.7 Å². The Morgan fingerprint density at radius 3 is 2.50 bits per heavy atom. The molecule has 0 aromatic heterocycles. The minimum atomic E-state index is -0.182. The fourth-order valence-electron chi connectivity index (χ4n) is 3.29. The monoisotopic (exact) mass is 526 g/mol. The van der Waals surface area contributed by atoms with Crippen LogP contribution < -0.4 is 15.5 Å². The highest BCUT2D eigenvalue weighted by Gasteiger charge is 2.12. The number of ether oxygens (including phenoxy) is 1. The summed E-state index contributed by atoms with van der Waals surface area (Å²) >= 11 is 0. The molecule has 1 heterocycles. The molecule has 0 radical (unpaired) electrons. The van der Waals surface area contributed by atoms with E-state index in [1.165, 1.54) is 5.69 Å². The van der Waals surface area contributed by atoms with Crippen molar-refractivity contribution >= 4 is 35.6 Å². The lowest BCUT2D eigenvalue weighted by Gasteiger charge is -2.28. The maximum Gasteiger partial charge on any atom is 0.192 e. The first kappa shape index (κ1) is 24.4. The van der Waals surface area contributed by atoms with Crippen LogP contribution in [-0.2, 0) is 11.3 Å². The first-order valence-electron chi connectivity index (χ1n) is 10.3. The van der Waals surface area contributed by atoms with Gasteiger partial charge in [0.1, 0.15) is 5.82 Å². The Labute approximate surface area is 196 Å². The molecule has 0 aliphatic carbocycles. The Kier molecular flexibility index (Phi) is 9.84. The zero-order chi connectivity index (χ0) is 20.6. The first-order valence-corrected chi connectivity index (χ1v) is 10.3. The second kappa shape index (κ2) is 12.1. The van der Waals surface area contributed by atoms with Gasteiger partial charge in [-0.15, -0.1) is 24.0 Å². The Morgan fingerprint density at radius 1 is 1.17 bits per heavy atom. The van der Waals surface area contributed by atoms with Crippen LogP contribution >= 0.6 is 24.0 Å². The van der Waals surface area contributed by atoms with Crippen molar-refractivity contribution in [3.05, 3.63) is 65.0 Å². The van der Waals surface area contributed by atoms with Gasteiger partial charge < -0.3 is 20.3 Å². The molecule has 1 unspecified atom stereocenters. The minimum absolute atomic E-state index is 0. The molecule has 2 N–H and O–H groups in total. The molecule has 0 saturated carbocycles. The van der Waals surface area contributed by atoms with Crippen LogP contribution in [0.25, 0.3) is 0 Å². The number of morpholine rings is 1. The lowest BCUT2D eigenvalue weighted by Crippen LogP contribution is -2.38. The highest BCUT2D eigenvalue weighted by molar-refractivity contribution is 14.0. The van der Waals surface area contributed by atoms with E-state index >= 15 is 0 Å². The summed E-state index contributed by atoms with van der Waals surface area (Å²) in [6.07, 6.45) is 0. The molecule has 7 heteroatoms. The molecule has 1 atom stereocenters. The van der Waals surface area contributed by atoms with Gasteiger partial charge in [-0.3, -0.25) is 0 Å². The van der Waals surface area contributed by atoms with Crippen LogP contribution in [0.5, 0.6) is 0 Å². The Bertz CT molecular complexity index is 822. The van der Waals surface area contributed by atoms with Crippen LogP contribution in [0.15, 0.2) is 47.5 Å². The number of guanidine groups is 1. The maximum atomic E-state index is 13.9. The zero-order valence-corrected chi connectivity index (χ0v) is 20.3. The van der Waals surface area contributed by atoms with Crippen molar-refractivity contribution in [2.45, 2.75) is 33.4 Å². The highest BCUT2D eigenvalue weighted by Crippen LogP contribution is 2.18. The molecule has 2 aromatic rings. The fourth-order valence-corrected chi connectivity index (χ4v) is 3.29. The molecule has 0 bridgehead atoms. The molecule has 1 aliphatic heterocycles. The summed E-state index contributed by atoms with van der Waals surface area (Å²) in [6, 6.07) is 13.8. The number of hydrogen-bond donors (Lipinski definition) is 2. The van der Waals surface area contributed by atoms with Crippen LogP contribution in [0.3, 0.4) is 0 Å². The van der Waals surface area contributed by atoms with Gasteiger partial charge >= 0.3 is 0 Å². The highest BCUT2D eigenvalue weighted by atomic mass is 127. The molecule has 3 rings (SSSR count). The summed E-state index contributed by atoms with van der Waals surface area (Å²) in [5.74, 6) is 0.539. The van der Waals surface area contributed by atoms with Gasteiger partial charge in [-0.25, -0.2) is 9.38 Å². The molecular weight excluding hydrogens is 494 g/mol. The molecule has 0 spiro atoms. The van der Waals surface area contributed by atoms with Crippen molar-refractivity contribution in [1.29, 1.82) is 0 Å². The van der Waals surface area contributed by atoms with Gasteiger partial charge in [0, 0.05) is 25.3 Å². The van der Waals surface area contributed by atoms with E-state index < -0.39 is 0 Å². The molecule has 1 fully saturated rings. The van der Waals surface area contributed by atoms with Gasteiger partial charge in [-0.2, -0.15) is 0 Å². The van der Waals surface area contributed by atoms with E-state index in [4.69, 9.17) is 9.73 Å². The molecule has 5 nitrogen and oxygen atoms in total. The van der Waals surface area contributed by atoms with E-state index in [1.807, 2.05) is 26.0 Å². The number of nitrogens with zero attached hydrogens (tertiary/aromatic N) is 2. The molecule has 164 valence electrons. The number of halogens is 2. The topological polar surface area (TPSA) is 48.9 Å². The standard InChI is InChI=1S/C23H31FN4O.HI/c1-4-25-23(27-18(3)20-8-5-17(2)22(24)15-20)26-16-19-6-9-21(10-7-19)28-11-13-29-14-12-28;/h5-10,15,18H,4,11-14,16H2,1-3H3,(H2,25,26,27);1H. The maximum absolute atomic E-state index is 13.9. The van der Waals surface area contributed by atoms with Gasteiger partial charge in [0.15, 0.2) is 5.96 Å².